The lowest BCUT2D eigenvalue weighted by molar-refractivity contribution is -0.135. The van der Waals surface area contributed by atoms with Crippen LogP contribution in [0.4, 0.5) is 11.4 Å². The molecular weight excluding hydrogens is 465 g/mol. The minimum Gasteiger partial charge on any atom is -0.495 e. The molecule has 6 rings (SSSR count). The number of ether oxygens (including phenoxy) is 1. The van der Waals surface area contributed by atoms with Crippen molar-refractivity contribution in [3.8, 4) is 5.75 Å². The Hall–Kier alpha value is -2.61. The Morgan fingerprint density at radius 2 is 1.91 bits per heavy atom. The van der Waals surface area contributed by atoms with Gasteiger partial charge in [0.25, 0.3) is 0 Å². The first kappa shape index (κ1) is 21.0. The predicted molar refractivity (Wildman–Crippen MR) is 124 cm³/mol. The molecule has 4 atom stereocenters. The number of hydrogen-bond donors (Lipinski definition) is 1. The van der Waals surface area contributed by atoms with Gasteiger partial charge < -0.3 is 10.1 Å². The summed E-state index contributed by atoms with van der Waals surface area (Å²) in [4.78, 5) is 44.9. The Balaban J connectivity index is 1.57. The van der Waals surface area contributed by atoms with Gasteiger partial charge in [0.05, 0.1) is 30.3 Å². The molecule has 4 heterocycles. The number of nitrogens with zero attached hydrogens (tertiary/aromatic N) is 2. The highest BCUT2D eigenvalue weighted by atomic mass is 35.5. The lowest BCUT2D eigenvalue weighted by Crippen LogP contribution is -2.54. The molecule has 1 spiro atoms. The molecule has 0 radical (unpaired) electrons. The summed E-state index contributed by atoms with van der Waals surface area (Å²) in [5.41, 5.74) is 1.17. The summed E-state index contributed by atoms with van der Waals surface area (Å²) in [5, 5.41) is 3.92. The number of methoxy groups -OCH3 is 1. The summed E-state index contributed by atoms with van der Waals surface area (Å²) in [5.74, 6) is -2.10. The number of halogens is 2. The maximum absolute atomic E-state index is 14.1. The number of anilines is 2. The predicted octanol–water partition coefficient (Wildman–Crippen LogP) is 3.74. The second kappa shape index (κ2) is 6.95. The normalized spacial score (nSPS) is 30.1. The molecule has 33 heavy (non-hydrogen) atoms. The van der Waals surface area contributed by atoms with Gasteiger partial charge in [-0.25, -0.2) is 4.90 Å². The third kappa shape index (κ3) is 2.42. The average Bonchev–Trinajstić information content (AvgIpc) is 3.49. The van der Waals surface area contributed by atoms with E-state index in [1.54, 1.807) is 24.3 Å². The second-order valence-electron chi connectivity index (χ2n) is 9.05. The van der Waals surface area contributed by atoms with Crippen molar-refractivity contribution in [3.63, 3.8) is 0 Å². The summed E-state index contributed by atoms with van der Waals surface area (Å²) in [6, 6.07) is 8.21. The van der Waals surface area contributed by atoms with E-state index in [9.17, 15) is 14.4 Å². The summed E-state index contributed by atoms with van der Waals surface area (Å²) in [6.07, 6.45) is 1.60. The summed E-state index contributed by atoms with van der Waals surface area (Å²) in [6.45, 7) is 2.49. The van der Waals surface area contributed by atoms with E-state index >= 15 is 0 Å². The molecule has 3 fully saturated rings. The first-order valence-corrected chi connectivity index (χ1v) is 11.7. The van der Waals surface area contributed by atoms with Crippen molar-refractivity contribution in [1.82, 2.24) is 4.90 Å². The van der Waals surface area contributed by atoms with Crippen LogP contribution in [0.15, 0.2) is 30.3 Å². The number of imide groups is 1. The second-order valence-corrected chi connectivity index (χ2v) is 9.89. The first-order chi connectivity index (χ1) is 15.8. The third-order valence-electron chi connectivity index (χ3n) is 7.74. The molecule has 7 nitrogen and oxygen atoms in total. The van der Waals surface area contributed by atoms with Crippen molar-refractivity contribution in [2.75, 3.05) is 23.9 Å². The quantitative estimate of drug-likeness (QED) is 0.655. The number of carbonyl (C=O) groups excluding carboxylic acids is 3. The van der Waals surface area contributed by atoms with Crippen LogP contribution in [0, 0.1) is 18.8 Å². The van der Waals surface area contributed by atoms with Gasteiger partial charge in [0.15, 0.2) is 0 Å². The first-order valence-electron chi connectivity index (χ1n) is 10.9. The number of benzene rings is 2. The highest BCUT2D eigenvalue weighted by molar-refractivity contribution is 6.33. The van der Waals surface area contributed by atoms with E-state index in [2.05, 4.69) is 10.2 Å². The largest absolute Gasteiger partial charge is 0.495 e. The van der Waals surface area contributed by atoms with Gasteiger partial charge in [0, 0.05) is 21.7 Å². The molecule has 9 heteroatoms. The molecule has 0 saturated carbocycles. The average molecular weight is 486 g/mol. The van der Waals surface area contributed by atoms with Gasteiger partial charge in [-0.15, -0.1) is 0 Å². The van der Waals surface area contributed by atoms with Crippen LogP contribution in [-0.4, -0.2) is 42.3 Å². The van der Waals surface area contributed by atoms with Crippen LogP contribution in [-0.2, 0) is 19.9 Å². The van der Waals surface area contributed by atoms with Gasteiger partial charge >= 0.3 is 0 Å². The van der Waals surface area contributed by atoms with E-state index in [0.717, 1.165) is 24.0 Å². The zero-order valence-electron chi connectivity index (χ0n) is 18.0. The summed E-state index contributed by atoms with van der Waals surface area (Å²) < 4.78 is 5.43. The molecule has 4 aliphatic heterocycles. The van der Waals surface area contributed by atoms with Crippen LogP contribution >= 0.6 is 23.2 Å². The lowest BCUT2D eigenvalue weighted by Gasteiger charge is -2.36. The number of nitrogens with one attached hydrogen (secondary N) is 1. The van der Waals surface area contributed by atoms with E-state index in [-0.39, 0.29) is 17.9 Å². The van der Waals surface area contributed by atoms with E-state index in [1.807, 2.05) is 13.0 Å². The SMILES string of the molecule is COc1ccc(Cl)cc1N1C(=O)[C@@H]2[C@@H]3CCCN3[C@@]3(C(=O)Nc4c3ccc(Cl)c4C)[C@H]2C1=O. The molecule has 0 aliphatic carbocycles. The van der Waals surface area contributed by atoms with Gasteiger partial charge in [-0.05, 0) is 56.1 Å². The van der Waals surface area contributed by atoms with Crippen molar-refractivity contribution in [2.24, 2.45) is 11.8 Å². The summed E-state index contributed by atoms with van der Waals surface area (Å²) in [7, 11) is 1.48. The zero-order valence-corrected chi connectivity index (χ0v) is 19.5. The number of rotatable bonds is 2. The van der Waals surface area contributed by atoms with Gasteiger partial charge in [-0.3, -0.25) is 19.3 Å². The molecule has 0 aromatic heterocycles. The third-order valence-corrected chi connectivity index (χ3v) is 8.39. The fourth-order valence-electron chi connectivity index (χ4n) is 6.47. The molecule has 3 saturated heterocycles. The number of carbonyl (C=O) groups is 3. The smallest absolute Gasteiger partial charge is 0.250 e. The van der Waals surface area contributed by atoms with Crippen LogP contribution in [0.3, 0.4) is 0 Å². The van der Waals surface area contributed by atoms with Gasteiger partial charge in [0.2, 0.25) is 17.7 Å². The van der Waals surface area contributed by atoms with E-state index < -0.39 is 23.3 Å². The highest BCUT2D eigenvalue weighted by Gasteiger charge is 2.74. The number of hydrogen-bond acceptors (Lipinski definition) is 5. The van der Waals surface area contributed by atoms with E-state index in [0.29, 0.717) is 33.7 Å². The molecule has 0 bridgehead atoms. The number of fused-ring (bicyclic) bond motifs is 7. The Morgan fingerprint density at radius 1 is 1.12 bits per heavy atom. The molecule has 2 aromatic rings. The van der Waals surface area contributed by atoms with Crippen molar-refractivity contribution >= 4 is 52.3 Å². The molecule has 0 unspecified atom stereocenters. The molecular formula is C24H21Cl2N3O4. The van der Waals surface area contributed by atoms with Crippen LogP contribution in [0.25, 0.3) is 0 Å². The van der Waals surface area contributed by atoms with E-state index in [4.69, 9.17) is 27.9 Å². The Kier molecular flexibility index (Phi) is 4.41. The van der Waals surface area contributed by atoms with Gasteiger partial charge in [-0.1, -0.05) is 29.3 Å². The molecule has 3 amide bonds. The lowest BCUT2D eigenvalue weighted by atomic mass is 9.75. The van der Waals surface area contributed by atoms with Crippen LogP contribution in [0.1, 0.15) is 24.0 Å². The molecule has 170 valence electrons. The van der Waals surface area contributed by atoms with E-state index in [1.165, 1.54) is 12.0 Å². The topological polar surface area (TPSA) is 79.0 Å². The summed E-state index contributed by atoms with van der Waals surface area (Å²) >= 11 is 12.6. The molecule has 1 N–H and O–H groups in total. The zero-order chi connectivity index (χ0) is 23.2. The number of amides is 3. The highest BCUT2D eigenvalue weighted by Crippen LogP contribution is 2.61. The maximum Gasteiger partial charge on any atom is 0.250 e. The molecule has 4 aliphatic rings. The Bertz CT molecular complexity index is 1260. The minimum atomic E-state index is -1.25. The monoisotopic (exact) mass is 485 g/mol. The fourth-order valence-corrected chi connectivity index (χ4v) is 6.79. The van der Waals surface area contributed by atoms with Crippen molar-refractivity contribution < 1.29 is 19.1 Å². The Morgan fingerprint density at radius 3 is 2.67 bits per heavy atom. The van der Waals surface area contributed by atoms with Crippen molar-refractivity contribution in [3.05, 3.63) is 51.5 Å². The maximum atomic E-state index is 14.1. The van der Waals surface area contributed by atoms with Crippen molar-refractivity contribution in [2.45, 2.75) is 31.3 Å². The van der Waals surface area contributed by atoms with Gasteiger partial charge in [0.1, 0.15) is 11.3 Å². The minimum absolute atomic E-state index is 0.200. The molecule has 2 aromatic carbocycles. The van der Waals surface area contributed by atoms with Crippen LogP contribution in [0.5, 0.6) is 5.75 Å². The fraction of sp³-hybridized carbons (Fsp3) is 0.375. The standard InChI is InChI=1S/C24H21Cl2N3O4/c1-11-14(26)7-6-13-20(11)27-23(32)24(13)19-18(15-4-3-9-28(15)24)21(30)29(22(19)31)16-10-12(25)5-8-17(16)33-2/h5-8,10,15,18-19H,3-4,9H2,1-2H3,(H,27,32)/t15-,18+,19+,24+/m0/s1. The van der Waals surface area contributed by atoms with Crippen LogP contribution < -0.4 is 15.0 Å². The Labute approximate surface area is 200 Å². The van der Waals surface area contributed by atoms with Crippen molar-refractivity contribution in [1.29, 1.82) is 0 Å². The van der Waals surface area contributed by atoms with Gasteiger partial charge in [-0.2, -0.15) is 0 Å². The van der Waals surface area contributed by atoms with Crippen LogP contribution in [0.2, 0.25) is 10.0 Å².